The monoisotopic (exact) mass is 248 g/mol. The lowest BCUT2D eigenvalue weighted by atomic mass is 10.5. The number of esters is 1. The zero-order valence-electron chi connectivity index (χ0n) is 7.81. The predicted molar refractivity (Wildman–Crippen MR) is 54.1 cm³/mol. The standard InChI is InChI=1S/C7H13Cl3NO2/c1-11(2,3)4-5-13-6(12)7(8,9)10/h4-5H2,1-3H3/q+1. The minimum Gasteiger partial charge on any atom is -0.457 e. The summed E-state index contributed by atoms with van der Waals surface area (Å²) < 4.78 is 3.45. The molecule has 0 atom stereocenters. The number of halogens is 3. The Labute approximate surface area is 93.1 Å². The van der Waals surface area contributed by atoms with Crippen LogP contribution in [-0.4, -0.2) is 48.5 Å². The molecule has 0 aromatic rings. The fraction of sp³-hybridized carbons (Fsp3) is 0.857. The number of rotatable bonds is 3. The number of likely N-dealkylation sites (N-methyl/N-ethyl adjacent to an activating group) is 1. The van der Waals surface area contributed by atoms with Gasteiger partial charge in [0.1, 0.15) is 13.2 Å². The van der Waals surface area contributed by atoms with Crippen molar-refractivity contribution < 1.29 is 14.0 Å². The van der Waals surface area contributed by atoms with Crippen LogP contribution in [0.5, 0.6) is 0 Å². The average molecular weight is 250 g/mol. The van der Waals surface area contributed by atoms with E-state index in [0.29, 0.717) is 11.0 Å². The molecule has 0 aromatic heterocycles. The van der Waals surface area contributed by atoms with Gasteiger partial charge in [-0.2, -0.15) is 0 Å². The van der Waals surface area contributed by atoms with Gasteiger partial charge >= 0.3 is 5.97 Å². The van der Waals surface area contributed by atoms with Crippen LogP contribution < -0.4 is 0 Å². The molecule has 0 saturated heterocycles. The number of quaternary nitrogens is 1. The van der Waals surface area contributed by atoms with Gasteiger partial charge in [0.2, 0.25) is 0 Å². The van der Waals surface area contributed by atoms with Crippen LogP contribution in [0, 0.1) is 0 Å². The highest BCUT2D eigenvalue weighted by molar-refractivity contribution is 6.75. The summed E-state index contributed by atoms with van der Waals surface area (Å²) >= 11 is 15.9. The maximum absolute atomic E-state index is 10.9. The SMILES string of the molecule is C[N+](C)(C)CCOC(=O)C(Cl)(Cl)Cl. The summed E-state index contributed by atoms with van der Waals surface area (Å²) in [7, 11) is 5.93. The molecule has 0 spiro atoms. The molecule has 0 bridgehead atoms. The number of carbonyl (C=O) groups excluding carboxylic acids is 1. The van der Waals surface area contributed by atoms with Crippen LogP contribution in [0.4, 0.5) is 0 Å². The largest absolute Gasteiger partial charge is 0.457 e. The van der Waals surface area contributed by atoms with E-state index < -0.39 is 9.76 Å². The third kappa shape index (κ3) is 7.38. The molecular formula is C7H13Cl3NO2+. The van der Waals surface area contributed by atoms with Crippen molar-refractivity contribution in [2.75, 3.05) is 34.3 Å². The minimum atomic E-state index is -1.97. The van der Waals surface area contributed by atoms with Gasteiger partial charge in [0.25, 0.3) is 3.79 Å². The van der Waals surface area contributed by atoms with Gasteiger partial charge in [-0.3, -0.25) is 0 Å². The molecule has 78 valence electrons. The van der Waals surface area contributed by atoms with Gasteiger partial charge in [0.15, 0.2) is 0 Å². The van der Waals surface area contributed by atoms with Gasteiger partial charge in [0, 0.05) is 0 Å². The van der Waals surface area contributed by atoms with Gasteiger partial charge in [0.05, 0.1) is 21.1 Å². The average Bonchev–Trinajstić information content (AvgIpc) is 1.82. The molecule has 0 aliphatic rings. The van der Waals surface area contributed by atoms with E-state index in [-0.39, 0.29) is 6.61 Å². The second-order valence-electron chi connectivity index (χ2n) is 3.65. The second kappa shape index (κ2) is 4.69. The van der Waals surface area contributed by atoms with E-state index in [2.05, 4.69) is 0 Å². The first kappa shape index (κ1) is 13.3. The van der Waals surface area contributed by atoms with E-state index in [1.807, 2.05) is 21.1 Å². The fourth-order valence-electron chi connectivity index (χ4n) is 0.494. The van der Waals surface area contributed by atoms with E-state index >= 15 is 0 Å². The number of ether oxygens (including phenoxy) is 1. The fourth-order valence-corrected chi connectivity index (χ4v) is 0.658. The van der Waals surface area contributed by atoms with E-state index in [1.54, 1.807) is 0 Å². The van der Waals surface area contributed by atoms with Crippen LogP contribution in [0.15, 0.2) is 0 Å². The summed E-state index contributed by atoms with van der Waals surface area (Å²) in [5, 5.41) is 0. The summed E-state index contributed by atoms with van der Waals surface area (Å²) in [6, 6.07) is 0. The minimum absolute atomic E-state index is 0.246. The van der Waals surface area contributed by atoms with E-state index in [9.17, 15) is 4.79 Å². The van der Waals surface area contributed by atoms with Crippen LogP contribution in [0.3, 0.4) is 0 Å². The van der Waals surface area contributed by atoms with Crippen molar-refractivity contribution in [3.05, 3.63) is 0 Å². The second-order valence-corrected chi connectivity index (χ2v) is 5.93. The predicted octanol–water partition coefficient (Wildman–Crippen LogP) is 1.61. The first-order chi connectivity index (χ1) is 5.63. The smallest absolute Gasteiger partial charge is 0.358 e. The van der Waals surface area contributed by atoms with Gasteiger partial charge in [-0.1, -0.05) is 34.8 Å². The Morgan fingerprint density at radius 1 is 1.31 bits per heavy atom. The number of hydrogen-bond acceptors (Lipinski definition) is 2. The summed E-state index contributed by atoms with van der Waals surface area (Å²) in [6.45, 7) is 0.919. The molecule has 0 aromatic carbocycles. The van der Waals surface area contributed by atoms with Crippen molar-refractivity contribution >= 4 is 40.8 Å². The van der Waals surface area contributed by atoms with Crippen molar-refractivity contribution in [2.24, 2.45) is 0 Å². The first-order valence-electron chi connectivity index (χ1n) is 3.67. The summed E-state index contributed by atoms with van der Waals surface area (Å²) in [6.07, 6.45) is 0. The van der Waals surface area contributed by atoms with E-state index in [4.69, 9.17) is 39.5 Å². The van der Waals surface area contributed by atoms with Crippen molar-refractivity contribution in [3.8, 4) is 0 Å². The molecule has 0 rings (SSSR count). The highest BCUT2D eigenvalue weighted by Crippen LogP contribution is 2.27. The van der Waals surface area contributed by atoms with Gasteiger partial charge in [-0.05, 0) is 0 Å². The van der Waals surface area contributed by atoms with Crippen molar-refractivity contribution in [1.29, 1.82) is 0 Å². The molecule has 0 unspecified atom stereocenters. The third-order valence-corrected chi connectivity index (χ3v) is 1.69. The molecule has 6 heteroatoms. The normalized spacial score (nSPS) is 12.8. The topological polar surface area (TPSA) is 26.3 Å². The van der Waals surface area contributed by atoms with E-state index in [0.717, 1.165) is 0 Å². The summed E-state index contributed by atoms with van der Waals surface area (Å²) in [5.74, 6) is -0.828. The molecule has 0 fully saturated rings. The van der Waals surface area contributed by atoms with Gasteiger partial charge in [-0.15, -0.1) is 0 Å². The molecule has 13 heavy (non-hydrogen) atoms. The van der Waals surface area contributed by atoms with Gasteiger partial charge < -0.3 is 9.22 Å². The molecule has 0 amide bonds. The Hall–Kier alpha value is 0.300. The van der Waals surface area contributed by atoms with Crippen LogP contribution in [0.2, 0.25) is 0 Å². The number of carbonyl (C=O) groups is 1. The molecular weight excluding hydrogens is 236 g/mol. The Balaban J connectivity index is 3.74. The molecule has 0 aliphatic carbocycles. The van der Waals surface area contributed by atoms with Gasteiger partial charge in [-0.25, -0.2) is 4.79 Å². The Kier molecular flexibility index (Phi) is 4.80. The van der Waals surface area contributed by atoms with E-state index in [1.165, 1.54) is 0 Å². The van der Waals surface area contributed by atoms with Crippen LogP contribution in [0.25, 0.3) is 0 Å². The van der Waals surface area contributed by atoms with Crippen LogP contribution >= 0.6 is 34.8 Å². The van der Waals surface area contributed by atoms with Crippen molar-refractivity contribution in [3.63, 3.8) is 0 Å². The third-order valence-electron chi connectivity index (χ3n) is 1.23. The first-order valence-corrected chi connectivity index (χ1v) is 4.81. The molecule has 3 nitrogen and oxygen atoms in total. The van der Waals surface area contributed by atoms with Crippen molar-refractivity contribution in [1.82, 2.24) is 0 Å². The number of nitrogens with zero attached hydrogens (tertiary/aromatic N) is 1. The Bertz CT molecular complexity index is 183. The quantitative estimate of drug-likeness (QED) is 0.431. The molecule has 0 N–H and O–H groups in total. The molecule has 0 aliphatic heterocycles. The summed E-state index contributed by atoms with van der Waals surface area (Å²) in [5.41, 5.74) is 0. The van der Waals surface area contributed by atoms with Crippen LogP contribution in [-0.2, 0) is 9.53 Å². The highest BCUT2D eigenvalue weighted by atomic mass is 35.6. The number of hydrogen-bond donors (Lipinski definition) is 0. The lowest BCUT2D eigenvalue weighted by molar-refractivity contribution is -0.870. The number of alkyl halides is 3. The highest BCUT2D eigenvalue weighted by Gasteiger charge is 2.32. The molecule has 0 heterocycles. The lowest BCUT2D eigenvalue weighted by Gasteiger charge is -2.23. The Morgan fingerprint density at radius 2 is 1.77 bits per heavy atom. The maximum atomic E-state index is 10.9. The zero-order chi connectivity index (χ0) is 10.7. The van der Waals surface area contributed by atoms with Crippen molar-refractivity contribution in [2.45, 2.75) is 3.79 Å². The lowest BCUT2D eigenvalue weighted by Crippen LogP contribution is -2.38. The summed E-state index contributed by atoms with van der Waals surface area (Å²) in [4.78, 5) is 10.9. The maximum Gasteiger partial charge on any atom is 0.358 e. The zero-order valence-corrected chi connectivity index (χ0v) is 10.1. The molecule has 0 saturated carbocycles. The Morgan fingerprint density at radius 3 is 2.08 bits per heavy atom. The molecule has 0 radical (unpaired) electrons. The van der Waals surface area contributed by atoms with Crippen LogP contribution in [0.1, 0.15) is 0 Å².